The summed E-state index contributed by atoms with van der Waals surface area (Å²) in [6, 6.07) is 6.88. The normalized spacial score (nSPS) is 12.6. The number of hydroxylamine groups is 1. The topological polar surface area (TPSA) is 85.4 Å². The van der Waals surface area contributed by atoms with Gasteiger partial charge in [0.25, 0.3) is 10.8 Å². The lowest BCUT2D eigenvalue weighted by molar-refractivity contribution is 0.0383. The smallest absolute Gasteiger partial charge is 0.267 e. The summed E-state index contributed by atoms with van der Waals surface area (Å²) in [5.41, 5.74) is 2.15. The monoisotopic (exact) mass is 344 g/mol. The minimum absolute atomic E-state index is 0.220. The molecule has 0 fully saturated rings. The van der Waals surface area contributed by atoms with Crippen molar-refractivity contribution in [2.45, 2.75) is 9.79 Å². The van der Waals surface area contributed by atoms with Crippen LogP contribution in [0.25, 0.3) is 0 Å². The number of aromatic nitrogens is 1. The van der Waals surface area contributed by atoms with E-state index in [1.165, 1.54) is 24.5 Å². The highest BCUT2D eigenvalue weighted by atomic mass is 35.5. The standard InChI is InChI=1S/C13H10ClFN2O4S/c14-13(21-17-12(18)9-5-7-16-8-6-9)22(19,20)11-3-1-10(15)2-4-11/h1-8,13H,(H,17,18). The van der Waals surface area contributed by atoms with Gasteiger partial charge in [-0.15, -0.1) is 0 Å². The molecule has 1 amide bonds. The fourth-order valence-electron chi connectivity index (χ4n) is 1.46. The van der Waals surface area contributed by atoms with Crippen LogP contribution in [-0.2, 0) is 14.7 Å². The largest absolute Gasteiger partial charge is 0.275 e. The summed E-state index contributed by atoms with van der Waals surface area (Å²) in [5, 5.41) is 0. The summed E-state index contributed by atoms with van der Waals surface area (Å²) in [6.45, 7) is 0. The van der Waals surface area contributed by atoms with Crippen molar-refractivity contribution in [1.29, 1.82) is 0 Å². The maximum Gasteiger partial charge on any atom is 0.275 e. The Kier molecular flexibility index (Phi) is 5.07. The fourth-order valence-corrected chi connectivity index (χ4v) is 2.71. The Bertz CT molecular complexity index is 753. The van der Waals surface area contributed by atoms with Crippen molar-refractivity contribution in [1.82, 2.24) is 10.5 Å². The van der Waals surface area contributed by atoms with E-state index in [0.29, 0.717) is 0 Å². The third-order valence-electron chi connectivity index (χ3n) is 2.57. The van der Waals surface area contributed by atoms with Crippen LogP contribution in [0.15, 0.2) is 53.7 Å². The van der Waals surface area contributed by atoms with Gasteiger partial charge in [-0.3, -0.25) is 9.78 Å². The molecule has 2 rings (SSSR count). The minimum atomic E-state index is -4.08. The Hall–Kier alpha value is -2.03. The molecule has 0 aliphatic rings. The lowest BCUT2D eigenvalue weighted by Crippen LogP contribution is -2.31. The van der Waals surface area contributed by atoms with Gasteiger partial charge in [-0.2, -0.15) is 0 Å². The first-order valence-corrected chi connectivity index (χ1v) is 7.89. The van der Waals surface area contributed by atoms with Crippen molar-refractivity contribution in [2.75, 3.05) is 0 Å². The van der Waals surface area contributed by atoms with Crippen molar-refractivity contribution in [3.63, 3.8) is 0 Å². The summed E-state index contributed by atoms with van der Waals surface area (Å²) < 4.78 is 36.9. The average molecular weight is 345 g/mol. The number of alkyl halides is 1. The molecule has 1 aromatic carbocycles. The number of rotatable bonds is 5. The zero-order valence-corrected chi connectivity index (χ0v) is 12.5. The van der Waals surface area contributed by atoms with E-state index in [-0.39, 0.29) is 10.5 Å². The van der Waals surface area contributed by atoms with E-state index in [0.717, 1.165) is 24.3 Å². The van der Waals surface area contributed by atoms with Crippen molar-refractivity contribution in [3.8, 4) is 0 Å². The zero-order chi connectivity index (χ0) is 16.2. The molecule has 0 bridgehead atoms. The Morgan fingerprint density at radius 3 is 2.36 bits per heavy atom. The predicted octanol–water partition coefficient (Wildman–Crippen LogP) is 1.88. The van der Waals surface area contributed by atoms with Crippen LogP contribution in [0.1, 0.15) is 10.4 Å². The number of hydrogen-bond donors (Lipinski definition) is 1. The zero-order valence-electron chi connectivity index (χ0n) is 10.9. The number of pyridine rings is 1. The van der Waals surface area contributed by atoms with Gasteiger partial charge in [0, 0.05) is 18.0 Å². The number of carbonyl (C=O) groups is 1. The van der Waals surface area contributed by atoms with E-state index < -0.39 is 26.5 Å². The maximum absolute atomic E-state index is 12.8. The molecule has 1 N–H and O–H groups in total. The molecule has 0 aliphatic heterocycles. The number of sulfone groups is 1. The highest BCUT2D eigenvalue weighted by Gasteiger charge is 2.27. The number of carbonyl (C=O) groups excluding carboxylic acids is 1. The summed E-state index contributed by atoms with van der Waals surface area (Å²) in [7, 11) is -4.08. The first-order chi connectivity index (χ1) is 10.4. The summed E-state index contributed by atoms with van der Waals surface area (Å²) in [6.07, 6.45) is 2.78. The Morgan fingerprint density at radius 2 is 1.77 bits per heavy atom. The van der Waals surface area contributed by atoms with E-state index in [1.54, 1.807) is 0 Å². The van der Waals surface area contributed by atoms with Crippen LogP contribution < -0.4 is 5.48 Å². The van der Waals surface area contributed by atoms with Gasteiger partial charge in [0.05, 0.1) is 4.90 Å². The third-order valence-corrected chi connectivity index (χ3v) is 4.88. The fraction of sp³-hybridized carbons (Fsp3) is 0.0769. The Balaban J connectivity index is 2.04. The molecule has 0 saturated heterocycles. The number of nitrogens with zero attached hydrogens (tertiary/aromatic N) is 1. The van der Waals surface area contributed by atoms with Gasteiger partial charge >= 0.3 is 0 Å². The van der Waals surface area contributed by atoms with E-state index >= 15 is 0 Å². The van der Waals surface area contributed by atoms with Crippen molar-refractivity contribution in [3.05, 3.63) is 60.2 Å². The molecule has 1 unspecified atom stereocenters. The number of nitrogens with one attached hydrogen (secondary N) is 1. The molecule has 1 atom stereocenters. The predicted molar refractivity (Wildman–Crippen MR) is 76.0 cm³/mol. The highest BCUT2D eigenvalue weighted by molar-refractivity contribution is 7.93. The van der Waals surface area contributed by atoms with Crippen molar-refractivity contribution < 1.29 is 22.4 Å². The van der Waals surface area contributed by atoms with Crippen LogP contribution in [0.2, 0.25) is 0 Å². The second kappa shape index (κ2) is 6.82. The maximum atomic E-state index is 12.8. The molecule has 0 radical (unpaired) electrons. The van der Waals surface area contributed by atoms with Gasteiger partial charge in [0.15, 0.2) is 0 Å². The Labute approximate surface area is 130 Å². The number of hydrogen-bond acceptors (Lipinski definition) is 5. The summed E-state index contributed by atoms with van der Waals surface area (Å²) in [4.78, 5) is 18.0. The number of amides is 1. The molecular weight excluding hydrogens is 335 g/mol. The number of halogens is 2. The molecule has 0 aliphatic carbocycles. The van der Waals surface area contributed by atoms with E-state index in [2.05, 4.69) is 9.82 Å². The minimum Gasteiger partial charge on any atom is -0.267 e. The average Bonchev–Trinajstić information content (AvgIpc) is 2.53. The quantitative estimate of drug-likeness (QED) is 0.508. The molecule has 22 heavy (non-hydrogen) atoms. The SMILES string of the molecule is O=C(NOC(Cl)S(=O)(=O)c1ccc(F)cc1)c1ccncc1. The van der Waals surface area contributed by atoms with E-state index in [1.807, 2.05) is 5.48 Å². The van der Waals surface area contributed by atoms with Gasteiger partial charge in [0.1, 0.15) is 5.82 Å². The lowest BCUT2D eigenvalue weighted by atomic mass is 10.3. The van der Waals surface area contributed by atoms with Crippen molar-refractivity contribution >= 4 is 27.3 Å². The van der Waals surface area contributed by atoms with E-state index in [4.69, 9.17) is 11.6 Å². The van der Waals surface area contributed by atoms with Crippen LogP contribution in [0.4, 0.5) is 4.39 Å². The first-order valence-electron chi connectivity index (χ1n) is 5.91. The highest BCUT2D eigenvalue weighted by Crippen LogP contribution is 2.19. The lowest BCUT2D eigenvalue weighted by Gasteiger charge is -2.12. The Morgan fingerprint density at radius 1 is 1.18 bits per heavy atom. The van der Waals surface area contributed by atoms with Gasteiger partial charge in [-0.05, 0) is 36.4 Å². The van der Waals surface area contributed by atoms with Crippen LogP contribution in [-0.4, -0.2) is 24.2 Å². The summed E-state index contributed by atoms with van der Waals surface area (Å²) >= 11 is 5.65. The van der Waals surface area contributed by atoms with Crippen LogP contribution in [0.3, 0.4) is 0 Å². The summed E-state index contributed by atoms with van der Waals surface area (Å²) in [5.74, 6) is -1.26. The molecule has 0 saturated carbocycles. The molecular formula is C13H10ClFN2O4S. The molecule has 2 aromatic rings. The first kappa shape index (κ1) is 16.3. The molecule has 6 nitrogen and oxygen atoms in total. The van der Waals surface area contributed by atoms with Crippen LogP contribution >= 0.6 is 11.6 Å². The van der Waals surface area contributed by atoms with Crippen molar-refractivity contribution in [2.24, 2.45) is 0 Å². The van der Waals surface area contributed by atoms with Gasteiger partial charge in [0.2, 0.25) is 9.84 Å². The molecule has 1 heterocycles. The second-order valence-electron chi connectivity index (χ2n) is 4.06. The van der Waals surface area contributed by atoms with Gasteiger partial charge in [-0.1, -0.05) is 11.6 Å². The number of benzene rings is 1. The van der Waals surface area contributed by atoms with Crippen LogP contribution in [0.5, 0.6) is 0 Å². The van der Waals surface area contributed by atoms with Crippen LogP contribution in [0, 0.1) is 5.82 Å². The molecule has 116 valence electrons. The van der Waals surface area contributed by atoms with Gasteiger partial charge in [-0.25, -0.2) is 23.1 Å². The van der Waals surface area contributed by atoms with E-state index in [9.17, 15) is 17.6 Å². The third kappa shape index (κ3) is 3.79. The molecule has 9 heteroatoms. The van der Waals surface area contributed by atoms with Gasteiger partial charge < -0.3 is 0 Å². The second-order valence-corrected chi connectivity index (χ2v) is 6.70. The molecule has 0 spiro atoms. The molecule has 1 aromatic heterocycles.